The molecule has 1 aromatic carbocycles. The van der Waals surface area contributed by atoms with Crippen molar-refractivity contribution in [2.24, 2.45) is 5.92 Å². The van der Waals surface area contributed by atoms with E-state index in [0.29, 0.717) is 36.4 Å². The Hall–Kier alpha value is -2.97. The van der Waals surface area contributed by atoms with E-state index in [2.05, 4.69) is 15.5 Å². The van der Waals surface area contributed by atoms with Gasteiger partial charge in [0.15, 0.2) is 0 Å². The highest BCUT2D eigenvalue weighted by molar-refractivity contribution is 5.95. The van der Waals surface area contributed by atoms with Gasteiger partial charge in [0.05, 0.1) is 13.0 Å². The zero-order valence-corrected chi connectivity index (χ0v) is 14.0. The number of hydrogen-bond donors (Lipinski definition) is 1. The molecule has 0 aliphatic carbocycles. The van der Waals surface area contributed by atoms with Crippen molar-refractivity contribution in [1.29, 1.82) is 0 Å². The number of amides is 1. The molecule has 132 valence electrons. The topological polar surface area (TPSA) is 110 Å². The number of carbonyl (C=O) groups excluding carboxylic acids is 1. The van der Waals surface area contributed by atoms with Crippen molar-refractivity contribution in [3.8, 4) is 11.4 Å². The van der Waals surface area contributed by atoms with Crippen molar-refractivity contribution in [2.75, 3.05) is 13.7 Å². The molecule has 9 heteroatoms. The lowest BCUT2D eigenvalue weighted by atomic mass is 9.90. The van der Waals surface area contributed by atoms with Crippen LogP contribution < -0.4 is 4.74 Å². The average molecular weight is 345 g/mol. The van der Waals surface area contributed by atoms with Gasteiger partial charge in [-0.3, -0.25) is 9.59 Å². The maximum Gasteiger partial charge on any atom is 0.308 e. The van der Waals surface area contributed by atoms with Crippen LogP contribution in [0.2, 0.25) is 0 Å². The number of methoxy groups -OCH3 is 1. The summed E-state index contributed by atoms with van der Waals surface area (Å²) in [6.07, 6.45) is 2.66. The van der Waals surface area contributed by atoms with E-state index in [4.69, 9.17) is 4.74 Å². The average Bonchev–Trinajstić information content (AvgIpc) is 3.15. The summed E-state index contributed by atoms with van der Waals surface area (Å²) in [5, 5.41) is 20.4. The molecule has 0 spiro atoms. The Morgan fingerprint density at radius 1 is 1.36 bits per heavy atom. The summed E-state index contributed by atoms with van der Waals surface area (Å²) in [6.45, 7) is 2.32. The van der Waals surface area contributed by atoms with E-state index in [-0.39, 0.29) is 11.9 Å². The van der Waals surface area contributed by atoms with E-state index < -0.39 is 11.9 Å². The van der Waals surface area contributed by atoms with E-state index in [9.17, 15) is 14.7 Å². The van der Waals surface area contributed by atoms with E-state index in [1.165, 1.54) is 18.1 Å². The summed E-state index contributed by atoms with van der Waals surface area (Å²) in [4.78, 5) is 25.9. The fraction of sp³-hybridized carbons (Fsp3) is 0.438. The molecule has 1 saturated heterocycles. The summed E-state index contributed by atoms with van der Waals surface area (Å²) in [5.74, 6) is -1.10. The zero-order chi connectivity index (χ0) is 18.0. The van der Waals surface area contributed by atoms with Crippen LogP contribution in [0.15, 0.2) is 24.5 Å². The van der Waals surface area contributed by atoms with Gasteiger partial charge in [-0.05, 0) is 48.4 Å². The molecule has 1 aliphatic heterocycles. The van der Waals surface area contributed by atoms with Gasteiger partial charge in [0.1, 0.15) is 17.8 Å². The Morgan fingerprint density at radius 3 is 2.80 bits per heavy atom. The molecule has 1 amide bonds. The Bertz CT molecular complexity index is 777. The van der Waals surface area contributed by atoms with Gasteiger partial charge < -0.3 is 14.7 Å². The molecule has 0 radical (unpaired) electrons. The number of carboxylic acids is 1. The lowest BCUT2D eigenvalue weighted by Crippen LogP contribution is -2.49. The van der Waals surface area contributed by atoms with Crippen LogP contribution in [0.5, 0.6) is 5.75 Å². The van der Waals surface area contributed by atoms with E-state index >= 15 is 0 Å². The Morgan fingerprint density at radius 2 is 2.16 bits per heavy atom. The van der Waals surface area contributed by atoms with Crippen molar-refractivity contribution in [2.45, 2.75) is 25.8 Å². The lowest BCUT2D eigenvalue weighted by molar-refractivity contribution is -0.144. The van der Waals surface area contributed by atoms with Crippen LogP contribution in [0.1, 0.15) is 30.1 Å². The molecule has 3 rings (SSSR count). The van der Waals surface area contributed by atoms with Crippen molar-refractivity contribution < 1.29 is 19.4 Å². The van der Waals surface area contributed by atoms with Gasteiger partial charge >= 0.3 is 5.97 Å². The second-order valence-corrected chi connectivity index (χ2v) is 5.97. The quantitative estimate of drug-likeness (QED) is 0.880. The van der Waals surface area contributed by atoms with Gasteiger partial charge in [0.2, 0.25) is 0 Å². The highest BCUT2D eigenvalue weighted by atomic mass is 16.5. The molecule has 2 aromatic rings. The first kappa shape index (κ1) is 16.9. The van der Waals surface area contributed by atoms with Crippen LogP contribution >= 0.6 is 0 Å². The number of carbonyl (C=O) groups is 2. The van der Waals surface area contributed by atoms with Gasteiger partial charge in [-0.15, -0.1) is 5.10 Å². The van der Waals surface area contributed by atoms with Gasteiger partial charge in [-0.25, -0.2) is 0 Å². The van der Waals surface area contributed by atoms with Gasteiger partial charge in [-0.1, -0.05) is 0 Å². The third-order valence-corrected chi connectivity index (χ3v) is 4.59. The first-order valence-corrected chi connectivity index (χ1v) is 7.98. The van der Waals surface area contributed by atoms with E-state index in [0.717, 1.165) is 0 Å². The fourth-order valence-electron chi connectivity index (χ4n) is 3.20. The fourth-order valence-corrected chi connectivity index (χ4v) is 3.20. The summed E-state index contributed by atoms with van der Waals surface area (Å²) >= 11 is 0. The lowest BCUT2D eigenvalue weighted by Gasteiger charge is -2.37. The van der Waals surface area contributed by atoms with Crippen LogP contribution in [0.4, 0.5) is 0 Å². The van der Waals surface area contributed by atoms with Crippen molar-refractivity contribution in [3.63, 3.8) is 0 Å². The second-order valence-electron chi connectivity index (χ2n) is 5.97. The molecule has 0 bridgehead atoms. The third kappa shape index (κ3) is 3.17. The van der Waals surface area contributed by atoms with Crippen molar-refractivity contribution >= 4 is 11.9 Å². The number of hydrogen-bond acceptors (Lipinski definition) is 6. The number of benzene rings is 1. The molecular formula is C16H19N5O4. The van der Waals surface area contributed by atoms with Crippen LogP contribution in [0.25, 0.3) is 5.69 Å². The number of aromatic nitrogens is 4. The van der Waals surface area contributed by atoms with Crippen LogP contribution in [0.3, 0.4) is 0 Å². The Labute approximate surface area is 144 Å². The summed E-state index contributed by atoms with van der Waals surface area (Å²) in [7, 11) is 1.52. The van der Waals surface area contributed by atoms with E-state index in [1.807, 2.05) is 0 Å². The largest absolute Gasteiger partial charge is 0.494 e. The number of carboxylic acid groups (broad SMARTS) is 1. The molecular weight excluding hydrogens is 326 g/mol. The molecule has 25 heavy (non-hydrogen) atoms. The molecule has 1 aliphatic rings. The predicted molar refractivity (Wildman–Crippen MR) is 86.6 cm³/mol. The Balaban J connectivity index is 1.92. The third-order valence-electron chi connectivity index (χ3n) is 4.59. The first-order valence-electron chi connectivity index (χ1n) is 7.98. The summed E-state index contributed by atoms with van der Waals surface area (Å²) in [5.41, 5.74) is 0.974. The second kappa shape index (κ2) is 6.88. The SMILES string of the molecule is COc1ccc(C(=O)N2CCC[C@H](C(=O)O)[C@@H]2C)cc1-n1cnnn1. The smallest absolute Gasteiger partial charge is 0.308 e. The van der Waals surface area contributed by atoms with Crippen LogP contribution in [0, 0.1) is 5.92 Å². The predicted octanol–water partition coefficient (Wildman–Crippen LogP) is 0.996. The van der Waals surface area contributed by atoms with Crippen molar-refractivity contribution in [3.05, 3.63) is 30.1 Å². The number of ether oxygens (including phenoxy) is 1. The number of tetrazole rings is 1. The maximum absolute atomic E-state index is 12.9. The highest BCUT2D eigenvalue weighted by Crippen LogP contribution is 2.28. The van der Waals surface area contributed by atoms with E-state index in [1.54, 1.807) is 30.0 Å². The van der Waals surface area contributed by atoms with Gasteiger partial charge in [-0.2, -0.15) is 4.68 Å². The number of nitrogens with zero attached hydrogens (tertiary/aromatic N) is 5. The monoisotopic (exact) mass is 345 g/mol. The number of aliphatic carboxylic acids is 1. The summed E-state index contributed by atoms with van der Waals surface area (Å²) in [6, 6.07) is 4.62. The number of likely N-dealkylation sites (tertiary alicyclic amines) is 1. The molecule has 0 saturated carbocycles. The normalized spacial score (nSPS) is 20.3. The molecule has 0 unspecified atom stereocenters. The number of piperidine rings is 1. The Kier molecular flexibility index (Phi) is 4.64. The van der Waals surface area contributed by atoms with Crippen LogP contribution in [-0.4, -0.2) is 61.8 Å². The minimum atomic E-state index is -0.867. The maximum atomic E-state index is 12.9. The molecule has 1 N–H and O–H groups in total. The zero-order valence-electron chi connectivity index (χ0n) is 14.0. The van der Waals surface area contributed by atoms with Gasteiger partial charge in [0, 0.05) is 18.2 Å². The molecule has 1 aromatic heterocycles. The molecule has 2 atom stereocenters. The molecule has 1 fully saturated rings. The molecule has 2 heterocycles. The standard InChI is InChI=1S/C16H19N5O4/c1-10-12(16(23)24)4-3-7-20(10)15(22)11-5-6-14(25-2)13(8-11)21-9-17-18-19-21/h5-6,8-10,12H,3-4,7H2,1-2H3,(H,23,24)/t10-,12-/m0/s1. The summed E-state index contributed by atoms with van der Waals surface area (Å²) < 4.78 is 6.71. The molecule has 9 nitrogen and oxygen atoms in total. The highest BCUT2D eigenvalue weighted by Gasteiger charge is 2.35. The minimum Gasteiger partial charge on any atom is -0.494 e. The van der Waals surface area contributed by atoms with Crippen molar-refractivity contribution in [1.82, 2.24) is 25.1 Å². The van der Waals surface area contributed by atoms with Crippen LogP contribution in [-0.2, 0) is 4.79 Å². The number of rotatable bonds is 4. The van der Waals surface area contributed by atoms with Gasteiger partial charge in [0.25, 0.3) is 5.91 Å². The minimum absolute atomic E-state index is 0.213. The first-order chi connectivity index (χ1) is 12.0.